The number of hydrogen-bond donors (Lipinski definition) is 0. The Bertz CT molecular complexity index is 1370. The second-order valence-electron chi connectivity index (χ2n) is 9.84. The van der Waals surface area contributed by atoms with Crippen LogP contribution in [0.2, 0.25) is 0 Å². The fraction of sp³-hybridized carbons (Fsp3) is 0.290. The zero-order chi connectivity index (χ0) is 26.8. The fourth-order valence-electron chi connectivity index (χ4n) is 5.51. The smallest absolute Gasteiger partial charge is 0.338 e. The molecule has 3 aromatic carbocycles. The van der Waals surface area contributed by atoms with Crippen LogP contribution >= 0.6 is 0 Å². The van der Waals surface area contributed by atoms with Gasteiger partial charge < -0.3 is 9.47 Å². The van der Waals surface area contributed by atoms with Gasteiger partial charge in [0.1, 0.15) is 5.75 Å². The molecule has 1 heterocycles. The third-order valence-corrected chi connectivity index (χ3v) is 7.56. The first-order valence-electron chi connectivity index (χ1n) is 12.8. The van der Waals surface area contributed by atoms with Gasteiger partial charge in [0, 0.05) is 5.56 Å². The summed E-state index contributed by atoms with van der Waals surface area (Å²) in [6, 6.07) is 22.9. The van der Waals surface area contributed by atoms with Crippen LogP contribution in [0.5, 0.6) is 5.75 Å². The Labute approximate surface area is 221 Å². The highest BCUT2D eigenvalue weighted by molar-refractivity contribution is 6.22. The molecule has 3 aromatic rings. The van der Waals surface area contributed by atoms with Crippen LogP contribution in [0.3, 0.4) is 0 Å². The second-order valence-corrected chi connectivity index (χ2v) is 9.84. The molecule has 0 N–H and O–H groups in total. The molecule has 5 rings (SSSR count). The van der Waals surface area contributed by atoms with E-state index in [-0.39, 0.29) is 40.9 Å². The molecule has 7 heteroatoms. The molecule has 1 saturated carbocycles. The normalized spacial score (nSPS) is 21.5. The number of ether oxygens (including phenoxy) is 2. The van der Waals surface area contributed by atoms with Crippen LogP contribution in [0.15, 0.2) is 78.9 Å². The molecule has 0 spiro atoms. The summed E-state index contributed by atoms with van der Waals surface area (Å²) in [4.78, 5) is 53.5. The maximum Gasteiger partial charge on any atom is 0.338 e. The van der Waals surface area contributed by atoms with Gasteiger partial charge in [0.25, 0.3) is 0 Å². The molecule has 7 nitrogen and oxygen atoms in total. The maximum absolute atomic E-state index is 13.4. The number of anilines is 1. The predicted molar refractivity (Wildman–Crippen MR) is 141 cm³/mol. The Balaban J connectivity index is 1.29. The molecular weight excluding hydrogens is 482 g/mol. The van der Waals surface area contributed by atoms with E-state index in [1.165, 1.54) is 30.6 Å². The van der Waals surface area contributed by atoms with Crippen molar-refractivity contribution in [2.24, 2.45) is 11.8 Å². The lowest BCUT2D eigenvalue weighted by Gasteiger charge is -2.28. The van der Waals surface area contributed by atoms with Gasteiger partial charge in [-0.05, 0) is 80.1 Å². The van der Waals surface area contributed by atoms with Gasteiger partial charge in [0.05, 0.1) is 30.2 Å². The van der Waals surface area contributed by atoms with E-state index in [0.29, 0.717) is 29.8 Å². The van der Waals surface area contributed by atoms with E-state index in [1.54, 1.807) is 42.5 Å². The van der Waals surface area contributed by atoms with Crippen LogP contribution in [-0.4, -0.2) is 36.8 Å². The van der Waals surface area contributed by atoms with Crippen molar-refractivity contribution in [3.05, 3.63) is 95.6 Å². The molecule has 1 aliphatic carbocycles. The van der Waals surface area contributed by atoms with E-state index < -0.39 is 12.1 Å². The molecule has 2 aliphatic rings. The quantitative estimate of drug-likeness (QED) is 0.246. The number of nitrogens with zero attached hydrogens (tertiary/aromatic N) is 1. The predicted octanol–water partition coefficient (Wildman–Crippen LogP) is 5.20. The summed E-state index contributed by atoms with van der Waals surface area (Å²) in [6.07, 6.45) is 1.11. The van der Waals surface area contributed by atoms with Gasteiger partial charge in [0.15, 0.2) is 6.10 Å². The number of benzene rings is 3. The van der Waals surface area contributed by atoms with Crippen molar-refractivity contribution < 1.29 is 28.7 Å². The zero-order valence-corrected chi connectivity index (χ0v) is 21.3. The van der Waals surface area contributed by atoms with Crippen LogP contribution in [0.4, 0.5) is 5.69 Å². The minimum Gasteiger partial charge on any atom is -0.497 e. The highest BCUT2D eigenvalue weighted by atomic mass is 16.5. The molecule has 194 valence electrons. The number of amides is 2. The number of ketones is 1. The van der Waals surface area contributed by atoms with Crippen LogP contribution < -0.4 is 9.64 Å². The largest absolute Gasteiger partial charge is 0.497 e. The average molecular weight is 512 g/mol. The zero-order valence-electron chi connectivity index (χ0n) is 21.3. The van der Waals surface area contributed by atoms with Gasteiger partial charge in [-0.2, -0.15) is 0 Å². The lowest BCUT2D eigenvalue weighted by Crippen LogP contribution is -2.31. The standard InChI is InChI=1S/C31H29NO6/c1-19(28(33)21-11-14-25(37-2)15-12-21)38-31(36)23-9-6-10-24(17-23)32-29(34)26-16-13-22(18-27(26)30(32)35)20-7-4-3-5-8-20/h3-12,14-15,17,19,22,26-27H,13,16,18H2,1-2H3/t19-,22+,26+,27+/m0/s1. The van der Waals surface area contributed by atoms with Crippen molar-refractivity contribution in [2.45, 2.75) is 38.2 Å². The minimum atomic E-state index is -1.02. The Kier molecular flexibility index (Phi) is 7.09. The van der Waals surface area contributed by atoms with Gasteiger partial charge in [-0.25, -0.2) is 4.79 Å². The van der Waals surface area contributed by atoms with E-state index in [9.17, 15) is 19.2 Å². The van der Waals surface area contributed by atoms with Crippen molar-refractivity contribution in [3.8, 4) is 5.75 Å². The van der Waals surface area contributed by atoms with Gasteiger partial charge >= 0.3 is 5.97 Å². The van der Waals surface area contributed by atoms with Gasteiger partial charge in [-0.1, -0.05) is 36.4 Å². The van der Waals surface area contributed by atoms with Crippen molar-refractivity contribution in [3.63, 3.8) is 0 Å². The maximum atomic E-state index is 13.4. The molecule has 38 heavy (non-hydrogen) atoms. The molecule has 0 bridgehead atoms. The number of fused-ring (bicyclic) bond motifs is 1. The summed E-state index contributed by atoms with van der Waals surface area (Å²) in [5, 5.41) is 0. The van der Waals surface area contributed by atoms with E-state index in [0.717, 1.165) is 6.42 Å². The van der Waals surface area contributed by atoms with Crippen molar-refractivity contribution in [1.82, 2.24) is 0 Å². The molecule has 4 atom stereocenters. The Morgan fingerprint density at radius 1 is 0.842 bits per heavy atom. The van der Waals surface area contributed by atoms with Crippen LogP contribution in [0.1, 0.15) is 58.4 Å². The van der Waals surface area contributed by atoms with Crippen molar-refractivity contribution >= 4 is 29.3 Å². The number of methoxy groups -OCH3 is 1. The molecular formula is C31H29NO6. The molecule has 1 saturated heterocycles. The highest BCUT2D eigenvalue weighted by Crippen LogP contribution is 2.45. The molecule has 0 radical (unpaired) electrons. The number of carbonyl (C=O) groups is 4. The molecule has 1 aliphatic heterocycles. The number of imide groups is 1. The third kappa shape index (κ3) is 4.84. The summed E-state index contributed by atoms with van der Waals surface area (Å²) >= 11 is 0. The topological polar surface area (TPSA) is 90.0 Å². The lowest BCUT2D eigenvalue weighted by atomic mass is 9.73. The van der Waals surface area contributed by atoms with Crippen LogP contribution in [0.25, 0.3) is 0 Å². The third-order valence-electron chi connectivity index (χ3n) is 7.56. The summed E-state index contributed by atoms with van der Waals surface area (Å²) in [6.45, 7) is 1.51. The first-order valence-corrected chi connectivity index (χ1v) is 12.8. The van der Waals surface area contributed by atoms with Gasteiger partial charge in [-0.15, -0.1) is 0 Å². The second kappa shape index (κ2) is 10.6. The fourth-order valence-corrected chi connectivity index (χ4v) is 5.51. The van der Waals surface area contributed by atoms with Gasteiger partial charge in [-0.3, -0.25) is 19.3 Å². The highest BCUT2D eigenvalue weighted by Gasteiger charge is 2.50. The van der Waals surface area contributed by atoms with Gasteiger partial charge in [0.2, 0.25) is 17.6 Å². The first kappa shape index (κ1) is 25.4. The number of Topliss-reactive ketones (excluding diaryl/α,β-unsaturated/α-hetero) is 1. The molecule has 2 amide bonds. The Morgan fingerprint density at radius 2 is 1.55 bits per heavy atom. The number of esters is 1. The molecule has 2 fully saturated rings. The first-order chi connectivity index (χ1) is 18.4. The van der Waals surface area contributed by atoms with Crippen LogP contribution in [0, 0.1) is 11.8 Å². The Morgan fingerprint density at radius 3 is 2.26 bits per heavy atom. The van der Waals surface area contributed by atoms with E-state index in [1.807, 2.05) is 18.2 Å². The minimum absolute atomic E-state index is 0.162. The Hall–Kier alpha value is -4.26. The summed E-state index contributed by atoms with van der Waals surface area (Å²) in [5.41, 5.74) is 2.08. The number of rotatable bonds is 7. The molecule has 0 aromatic heterocycles. The van der Waals surface area contributed by atoms with E-state index in [4.69, 9.17) is 9.47 Å². The monoisotopic (exact) mass is 511 g/mol. The van der Waals surface area contributed by atoms with Crippen molar-refractivity contribution in [2.75, 3.05) is 12.0 Å². The van der Waals surface area contributed by atoms with E-state index in [2.05, 4.69) is 12.1 Å². The van der Waals surface area contributed by atoms with E-state index >= 15 is 0 Å². The van der Waals surface area contributed by atoms with Crippen LogP contribution in [-0.2, 0) is 14.3 Å². The summed E-state index contributed by atoms with van der Waals surface area (Å²) in [5.74, 6) is -1.38. The van der Waals surface area contributed by atoms with Crippen molar-refractivity contribution in [1.29, 1.82) is 0 Å². The number of hydrogen-bond acceptors (Lipinski definition) is 6. The molecule has 0 unspecified atom stereocenters. The number of carbonyl (C=O) groups excluding carboxylic acids is 4. The summed E-state index contributed by atoms with van der Waals surface area (Å²) in [7, 11) is 1.54. The lowest BCUT2D eigenvalue weighted by molar-refractivity contribution is -0.122. The summed E-state index contributed by atoms with van der Waals surface area (Å²) < 4.78 is 10.5. The average Bonchev–Trinajstić information content (AvgIpc) is 3.21. The SMILES string of the molecule is COc1ccc(C(=O)[C@H](C)OC(=O)c2cccc(N3C(=O)[C@@H]4CC[C@@H](c5ccccc5)C[C@H]4C3=O)c2)cc1.